The summed E-state index contributed by atoms with van der Waals surface area (Å²) in [7, 11) is 0. The first-order valence-corrected chi connectivity index (χ1v) is 8.08. The Balaban J connectivity index is 2.12. The molecular weight excluding hydrogens is 324 g/mol. The van der Waals surface area contributed by atoms with Crippen LogP contribution in [0.15, 0.2) is 48.5 Å². The van der Waals surface area contributed by atoms with Gasteiger partial charge in [-0.1, -0.05) is 35.9 Å². The van der Waals surface area contributed by atoms with E-state index in [0.29, 0.717) is 16.3 Å². The Hall–Kier alpha value is -2.33. The minimum atomic E-state index is -0.352. The largest absolute Gasteiger partial charge is 0.347 e. The van der Waals surface area contributed by atoms with Crippen LogP contribution in [0.2, 0.25) is 5.02 Å². The monoisotopic (exact) mass is 344 g/mol. The average Bonchev–Trinajstić information content (AvgIpc) is 2.45. The molecule has 0 aliphatic carbocycles. The van der Waals surface area contributed by atoms with Crippen LogP contribution in [0.25, 0.3) is 0 Å². The highest BCUT2D eigenvalue weighted by Gasteiger charge is 2.18. The van der Waals surface area contributed by atoms with E-state index in [1.807, 2.05) is 26.8 Å². The van der Waals surface area contributed by atoms with Gasteiger partial charge in [0.05, 0.1) is 17.7 Å². The second kappa shape index (κ2) is 7.49. The van der Waals surface area contributed by atoms with Gasteiger partial charge in [0.15, 0.2) is 0 Å². The summed E-state index contributed by atoms with van der Waals surface area (Å²) in [5, 5.41) is 6.29. The zero-order valence-electron chi connectivity index (χ0n) is 14.0. The van der Waals surface area contributed by atoms with E-state index in [4.69, 9.17) is 11.6 Å². The maximum Gasteiger partial charge on any atom is 0.253 e. The standard InChI is InChI=1S/C19H21ClN2O2/c1-19(2,3)22-18(24)15-9-4-5-10-16(15)21-17(23)12-13-7-6-8-14(20)11-13/h4-11H,12H2,1-3H3,(H,21,23)(H,22,24). The van der Waals surface area contributed by atoms with E-state index in [0.717, 1.165) is 5.56 Å². The zero-order valence-corrected chi connectivity index (χ0v) is 14.8. The molecule has 126 valence electrons. The number of carbonyl (C=O) groups excluding carboxylic acids is 2. The molecule has 0 heterocycles. The lowest BCUT2D eigenvalue weighted by Crippen LogP contribution is -2.40. The Morgan fingerprint density at radius 3 is 2.42 bits per heavy atom. The normalized spacial score (nSPS) is 11.0. The van der Waals surface area contributed by atoms with Gasteiger partial charge in [-0.05, 0) is 50.6 Å². The summed E-state index contributed by atoms with van der Waals surface area (Å²) >= 11 is 5.93. The van der Waals surface area contributed by atoms with Gasteiger partial charge in [-0.3, -0.25) is 9.59 Å². The maximum absolute atomic E-state index is 12.4. The van der Waals surface area contributed by atoms with Gasteiger partial charge in [0.2, 0.25) is 5.91 Å². The van der Waals surface area contributed by atoms with Crippen molar-refractivity contribution in [2.24, 2.45) is 0 Å². The first kappa shape index (κ1) is 18.0. The molecule has 2 amide bonds. The third kappa shape index (κ3) is 5.39. The van der Waals surface area contributed by atoms with Crippen LogP contribution < -0.4 is 10.6 Å². The van der Waals surface area contributed by atoms with Crippen molar-refractivity contribution in [3.63, 3.8) is 0 Å². The second-order valence-electron chi connectivity index (χ2n) is 6.60. The second-order valence-corrected chi connectivity index (χ2v) is 7.04. The van der Waals surface area contributed by atoms with E-state index in [2.05, 4.69) is 10.6 Å². The van der Waals surface area contributed by atoms with Crippen molar-refractivity contribution in [3.05, 3.63) is 64.7 Å². The summed E-state index contributed by atoms with van der Waals surface area (Å²) in [5.41, 5.74) is 1.39. The molecule has 2 N–H and O–H groups in total. The summed E-state index contributed by atoms with van der Waals surface area (Å²) in [6, 6.07) is 14.1. The number of benzene rings is 2. The number of halogens is 1. The minimum absolute atomic E-state index is 0.190. The molecule has 4 nitrogen and oxygen atoms in total. The van der Waals surface area contributed by atoms with E-state index in [-0.39, 0.29) is 23.8 Å². The number of amides is 2. The number of para-hydroxylation sites is 1. The molecule has 0 atom stereocenters. The molecule has 24 heavy (non-hydrogen) atoms. The molecule has 0 aliphatic heterocycles. The first-order valence-electron chi connectivity index (χ1n) is 7.70. The van der Waals surface area contributed by atoms with Crippen LogP contribution in [0.4, 0.5) is 5.69 Å². The van der Waals surface area contributed by atoms with Crippen LogP contribution >= 0.6 is 11.6 Å². The average molecular weight is 345 g/mol. The first-order chi connectivity index (χ1) is 11.2. The summed E-state index contributed by atoms with van der Waals surface area (Å²) in [6.45, 7) is 5.72. The lowest BCUT2D eigenvalue weighted by Gasteiger charge is -2.21. The molecule has 2 aromatic rings. The topological polar surface area (TPSA) is 58.2 Å². The minimum Gasteiger partial charge on any atom is -0.347 e. The van der Waals surface area contributed by atoms with Crippen LogP contribution in [-0.2, 0) is 11.2 Å². The molecule has 0 aromatic heterocycles. The fraction of sp³-hybridized carbons (Fsp3) is 0.263. The van der Waals surface area contributed by atoms with Gasteiger partial charge < -0.3 is 10.6 Å². The number of hydrogen-bond donors (Lipinski definition) is 2. The van der Waals surface area contributed by atoms with E-state index < -0.39 is 0 Å². The molecule has 0 fully saturated rings. The van der Waals surface area contributed by atoms with Crippen molar-refractivity contribution in [2.75, 3.05) is 5.32 Å². The highest BCUT2D eigenvalue weighted by atomic mass is 35.5. The Kier molecular flexibility index (Phi) is 5.62. The Labute approximate surface area is 147 Å². The van der Waals surface area contributed by atoms with Gasteiger partial charge in [-0.25, -0.2) is 0 Å². The lowest BCUT2D eigenvalue weighted by atomic mass is 10.1. The Bertz CT molecular complexity index is 751. The van der Waals surface area contributed by atoms with Crippen LogP contribution in [0.1, 0.15) is 36.7 Å². The van der Waals surface area contributed by atoms with Crippen LogP contribution in [-0.4, -0.2) is 17.4 Å². The van der Waals surface area contributed by atoms with Crippen molar-refractivity contribution in [3.8, 4) is 0 Å². The molecule has 2 aromatic carbocycles. The SMILES string of the molecule is CC(C)(C)NC(=O)c1ccccc1NC(=O)Cc1cccc(Cl)c1. The summed E-state index contributed by atoms with van der Waals surface area (Å²) in [6.07, 6.45) is 0.190. The Morgan fingerprint density at radius 1 is 1.04 bits per heavy atom. The Morgan fingerprint density at radius 2 is 1.75 bits per heavy atom. The van der Waals surface area contributed by atoms with E-state index in [1.54, 1.807) is 42.5 Å². The number of nitrogens with one attached hydrogen (secondary N) is 2. The molecule has 0 bridgehead atoms. The number of anilines is 1. The number of rotatable bonds is 4. The fourth-order valence-corrected chi connectivity index (χ4v) is 2.44. The number of carbonyl (C=O) groups is 2. The quantitative estimate of drug-likeness (QED) is 0.879. The summed E-state index contributed by atoms with van der Waals surface area (Å²) < 4.78 is 0. The highest BCUT2D eigenvalue weighted by molar-refractivity contribution is 6.30. The van der Waals surface area contributed by atoms with Crippen molar-refractivity contribution >= 4 is 29.1 Å². The van der Waals surface area contributed by atoms with Crippen LogP contribution in [0.3, 0.4) is 0 Å². The smallest absolute Gasteiger partial charge is 0.253 e. The summed E-state index contributed by atoms with van der Waals surface area (Å²) in [5.74, 6) is -0.422. The third-order valence-electron chi connectivity index (χ3n) is 3.19. The van der Waals surface area contributed by atoms with Crippen LogP contribution in [0.5, 0.6) is 0 Å². The van der Waals surface area contributed by atoms with Crippen molar-refractivity contribution in [1.82, 2.24) is 5.32 Å². The highest BCUT2D eigenvalue weighted by Crippen LogP contribution is 2.17. The molecule has 2 rings (SSSR count). The molecule has 0 spiro atoms. The number of hydrogen-bond acceptors (Lipinski definition) is 2. The molecule has 0 aliphatic rings. The van der Waals surface area contributed by atoms with Crippen molar-refractivity contribution < 1.29 is 9.59 Å². The lowest BCUT2D eigenvalue weighted by molar-refractivity contribution is -0.115. The molecule has 0 unspecified atom stereocenters. The van der Waals surface area contributed by atoms with E-state index >= 15 is 0 Å². The zero-order chi connectivity index (χ0) is 17.7. The molecule has 5 heteroatoms. The molecule has 0 saturated heterocycles. The third-order valence-corrected chi connectivity index (χ3v) is 3.42. The van der Waals surface area contributed by atoms with Gasteiger partial charge in [-0.15, -0.1) is 0 Å². The van der Waals surface area contributed by atoms with Gasteiger partial charge in [0.25, 0.3) is 5.91 Å². The van der Waals surface area contributed by atoms with Crippen LogP contribution in [0, 0.1) is 0 Å². The summed E-state index contributed by atoms with van der Waals surface area (Å²) in [4.78, 5) is 24.7. The van der Waals surface area contributed by atoms with Crippen molar-refractivity contribution in [2.45, 2.75) is 32.7 Å². The van der Waals surface area contributed by atoms with Crippen molar-refractivity contribution in [1.29, 1.82) is 0 Å². The predicted octanol–water partition coefficient (Wildman–Crippen LogP) is 4.05. The van der Waals surface area contributed by atoms with Gasteiger partial charge >= 0.3 is 0 Å². The molecule has 0 radical (unpaired) electrons. The molecule has 0 saturated carbocycles. The fourth-order valence-electron chi connectivity index (χ4n) is 2.22. The van der Waals surface area contributed by atoms with E-state index in [1.165, 1.54) is 0 Å². The van der Waals surface area contributed by atoms with E-state index in [9.17, 15) is 9.59 Å². The predicted molar refractivity (Wildman–Crippen MR) is 97.4 cm³/mol. The molecular formula is C19H21ClN2O2. The maximum atomic E-state index is 12.4. The van der Waals surface area contributed by atoms with Gasteiger partial charge in [0, 0.05) is 10.6 Å². The van der Waals surface area contributed by atoms with Gasteiger partial charge in [0.1, 0.15) is 0 Å². The van der Waals surface area contributed by atoms with Gasteiger partial charge in [-0.2, -0.15) is 0 Å².